The normalized spacial score (nSPS) is 10.7. The third-order valence-corrected chi connectivity index (χ3v) is 3.12. The Morgan fingerprint density at radius 2 is 2.12 bits per heavy atom. The lowest BCUT2D eigenvalue weighted by Gasteiger charge is -2.10. The van der Waals surface area contributed by atoms with Crippen molar-refractivity contribution in [3.05, 3.63) is 23.8 Å². The SMILES string of the molecule is CN(C)CCSc1ccc(N)cc1C(N)=O. The summed E-state index contributed by atoms with van der Waals surface area (Å²) in [6.07, 6.45) is 0. The molecule has 0 heterocycles. The monoisotopic (exact) mass is 239 g/mol. The van der Waals surface area contributed by atoms with E-state index in [1.165, 1.54) is 0 Å². The van der Waals surface area contributed by atoms with Gasteiger partial charge in [0.05, 0.1) is 5.56 Å². The van der Waals surface area contributed by atoms with Gasteiger partial charge in [-0.05, 0) is 32.3 Å². The maximum atomic E-state index is 11.2. The second-order valence-electron chi connectivity index (χ2n) is 3.77. The number of thioether (sulfide) groups is 1. The summed E-state index contributed by atoms with van der Waals surface area (Å²) in [6.45, 7) is 0.952. The second-order valence-corrected chi connectivity index (χ2v) is 4.91. The van der Waals surface area contributed by atoms with Crippen LogP contribution in [0.3, 0.4) is 0 Å². The third kappa shape index (κ3) is 3.75. The molecule has 1 aromatic rings. The van der Waals surface area contributed by atoms with Crippen LogP contribution in [-0.2, 0) is 0 Å². The molecule has 0 aliphatic heterocycles. The summed E-state index contributed by atoms with van der Waals surface area (Å²) >= 11 is 1.61. The summed E-state index contributed by atoms with van der Waals surface area (Å²) in [5.41, 5.74) is 12.0. The van der Waals surface area contributed by atoms with Crippen LogP contribution in [0.5, 0.6) is 0 Å². The number of primary amides is 1. The van der Waals surface area contributed by atoms with Gasteiger partial charge < -0.3 is 16.4 Å². The Morgan fingerprint density at radius 1 is 1.44 bits per heavy atom. The molecule has 0 saturated carbocycles. The molecule has 0 fully saturated rings. The minimum absolute atomic E-state index is 0.431. The summed E-state index contributed by atoms with van der Waals surface area (Å²) in [5, 5.41) is 0. The van der Waals surface area contributed by atoms with Gasteiger partial charge in [0.15, 0.2) is 0 Å². The standard InChI is InChI=1S/C11H17N3OS/c1-14(2)5-6-16-10-4-3-8(12)7-9(10)11(13)15/h3-4,7H,5-6,12H2,1-2H3,(H2,13,15). The first kappa shape index (κ1) is 12.9. The van der Waals surface area contributed by atoms with Gasteiger partial charge in [-0.3, -0.25) is 4.79 Å². The maximum Gasteiger partial charge on any atom is 0.249 e. The Morgan fingerprint density at radius 3 is 2.69 bits per heavy atom. The van der Waals surface area contributed by atoms with E-state index in [2.05, 4.69) is 4.90 Å². The zero-order valence-electron chi connectivity index (χ0n) is 9.56. The van der Waals surface area contributed by atoms with Crippen molar-refractivity contribution in [3.8, 4) is 0 Å². The number of benzene rings is 1. The van der Waals surface area contributed by atoms with Gasteiger partial charge in [-0.1, -0.05) is 0 Å². The van der Waals surface area contributed by atoms with Crippen LogP contribution in [0, 0.1) is 0 Å². The molecular formula is C11H17N3OS. The molecule has 0 bridgehead atoms. The van der Waals surface area contributed by atoms with Gasteiger partial charge in [-0.15, -0.1) is 11.8 Å². The van der Waals surface area contributed by atoms with Crippen LogP contribution < -0.4 is 11.5 Å². The lowest BCUT2D eigenvalue weighted by atomic mass is 10.2. The molecule has 0 unspecified atom stereocenters. The molecular weight excluding hydrogens is 222 g/mol. The topological polar surface area (TPSA) is 72.3 Å². The van der Waals surface area contributed by atoms with E-state index in [0.29, 0.717) is 11.3 Å². The van der Waals surface area contributed by atoms with Crippen LogP contribution in [0.15, 0.2) is 23.1 Å². The van der Waals surface area contributed by atoms with Gasteiger partial charge in [0.1, 0.15) is 0 Å². The average molecular weight is 239 g/mol. The molecule has 0 aromatic heterocycles. The number of carbonyl (C=O) groups is 1. The number of rotatable bonds is 5. The summed E-state index contributed by atoms with van der Waals surface area (Å²) in [7, 11) is 4.02. The van der Waals surface area contributed by atoms with Crippen molar-refractivity contribution in [2.45, 2.75) is 4.90 Å². The average Bonchev–Trinajstić information content (AvgIpc) is 2.19. The van der Waals surface area contributed by atoms with Gasteiger partial charge in [0.25, 0.3) is 0 Å². The Labute approximate surface area is 100.0 Å². The van der Waals surface area contributed by atoms with E-state index in [0.717, 1.165) is 17.2 Å². The number of hydrogen-bond acceptors (Lipinski definition) is 4. The van der Waals surface area contributed by atoms with E-state index < -0.39 is 5.91 Å². The molecule has 1 aromatic carbocycles. The number of amides is 1. The Bertz CT molecular complexity index is 379. The first-order chi connectivity index (χ1) is 7.50. The van der Waals surface area contributed by atoms with Crippen molar-refractivity contribution in [2.24, 2.45) is 5.73 Å². The molecule has 1 amide bonds. The fourth-order valence-corrected chi connectivity index (χ4v) is 2.36. The molecule has 88 valence electrons. The van der Waals surface area contributed by atoms with Crippen molar-refractivity contribution in [1.82, 2.24) is 4.90 Å². The van der Waals surface area contributed by atoms with Crippen LogP contribution in [0.1, 0.15) is 10.4 Å². The second kappa shape index (κ2) is 5.77. The third-order valence-electron chi connectivity index (χ3n) is 2.07. The molecule has 0 aliphatic rings. The van der Waals surface area contributed by atoms with Crippen molar-refractivity contribution >= 4 is 23.4 Å². The maximum absolute atomic E-state index is 11.2. The van der Waals surface area contributed by atoms with Crippen molar-refractivity contribution in [2.75, 3.05) is 32.1 Å². The predicted molar refractivity (Wildman–Crippen MR) is 68.7 cm³/mol. The fourth-order valence-electron chi connectivity index (χ4n) is 1.20. The predicted octanol–water partition coefficient (Wildman–Crippen LogP) is 1.02. The number of carbonyl (C=O) groups excluding carboxylic acids is 1. The summed E-state index contributed by atoms with van der Waals surface area (Å²) in [4.78, 5) is 14.2. The molecule has 0 spiro atoms. The van der Waals surface area contributed by atoms with Crippen molar-refractivity contribution < 1.29 is 4.79 Å². The van der Waals surface area contributed by atoms with Gasteiger partial charge >= 0.3 is 0 Å². The molecule has 5 heteroatoms. The lowest BCUT2D eigenvalue weighted by Crippen LogP contribution is -2.16. The molecule has 1 rings (SSSR count). The molecule has 0 aliphatic carbocycles. The minimum atomic E-state index is -0.431. The van der Waals surface area contributed by atoms with Crippen LogP contribution in [0.25, 0.3) is 0 Å². The number of nitrogens with two attached hydrogens (primary N) is 2. The van der Waals surface area contributed by atoms with E-state index in [4.69, 9.17) is 11.5 Å². The number of nitrogen functional groups attached to an aromatic ring is 1. The summed E-state index contributed by atoms with van der Waals surface area (Å²) in [5.74, 6) is 0.483. The molecule has 0 atom stereocenters. The molecule has 4 nitrogen and oxygen atoms in total. The Kier molecular flexibility index (Phi) is 4.64. The van der Waals surface area contributed by atoms with Crippen LogP contribution in [0.2, 0.25) is 0 Å². The van der Waals surface area contributed by atoms with Gasteiger partial charge in [0.2, 0.25) is 5.91 Å². The highest BCUT2D eigenvalue weighted by molar-refractivity contribution is 7.99. The summed E-state index contributed by atoms with van der Waals surface area (Å²) in [6, 6.07) is 5.25. The molecule has 0 radical (unpaired) electrons. The largest absolute Gasteiger partial charge is 0.399 e. The first-order valence-corrected chi connectivity index (χ1v) is 5.96. The first-order valence-electron chi connectivity index (χ1n) is 4.97. The van der Waals surface area contributed by atoms with Gasteiger partial charge in [-0.25, -0.2) is 0 Å². The van der Waals surface area contributed by atoms with E-state index in [9.17, 15) is 4.79 Å². The zero-order chi connectivity index (χ0) is 12.1. The van der Waals surface area contributed by atoms with Crippen LogP contribution >= 0.6 is 11.8 Å². The highest BCUT2D eigenvalue weighted by Gasteiger charge is 2.08. The van der Waals surface area contributed by atoms with E-state index in [1.807, 2.05) is 20.2 Å². The minimum Gasteiger partial charge on any atom is -0.399 e. The van der Waals surface area contributed by atoms with Gasteiger partial charge in [0, 0.05) is 22.9 Å². The zero-order valence-corrected chi connectivity index (χ0v) is 10.4. The highest BCUT2D eigenvalue weighted by atomic mass is 32.2. The van der Waals surface area contributed by atoms with Crippen LogP contribution in [-0.4, -0.2) is 37.2 Å². The van der Waals surface area contributed by atoms with E-state index >= 15 is 0 Å². The van der Waals surface area contributed by atoms with E-state index in [1.54, 1.807) is 23.9 Å². The van der Waals surface area contributed by atoms with Gasteiger partial charge in [-0.2, -0.15) is 0 Å². The van der Waals surface area contributed by atoms with Crippen LogP contribution in [0.4, 0.5) is 5.69 Å². The quantitative estimate of drug-likeness (QED) is 0.594. The van der Waals surface area contributed by atoms with Crippen molar-refractivity contribution in [1.29, 1.82) is 0 Å². The number of nitrogens with zero attached hydrogens (tertiary/aromatic N) is 1. The highest BCUT2D eigenvalue weighted by Crippen LogP contribution is 2.24. The number of anilines is 1. The summed E-state index contributed by atoms with van der Waals surface area (Å²) < 4.78 is 0. The number of hydrogen-bond donors (Lipinski definition) is 2. The lowest BCUT2D eigenvalue weighted by molar-refractivity contribution is 0.0997. The smallest absolute Gasteiger partial charge is 0.249 e. The van der Waals surface area contributed by atoms with E-state index in [-0.39, 0.29) is 0 Å². The molecule has 0 saturated heterocycles. The Hall–Kier alpha value is -1.20. The fraction of sp³-hybridized carbons (Fsp3) is 0.364. The molecule has 16 heavy (non-hydrogen) atoms. The Balaban J connectivity index is 2.75. The molecule has 4 N–H and O–H groups in total. The van der Waals surface area contributed by atoms with Crippen molar-refractivity contribution in [3.63, 3.8) is 0 Å².